The Morgan fingerprint density at radius 2 is 2.12 bits per heavy atom. The number of hydrogen-bond acceptors (Lipinski definition) is 7. The van der Waals surface area contributed by atoms with Crippen molar-refractivity contribution in [1.82, 2.24) is 29.8 Å². The van der Waals surface area contributed by atoms with E-state index in [0.717, 1.165) is 18.7 Å². The normalized spacial score (nSPS) is 18.5. The topological polar surface area (TPSA) is 82.1 Å². The zero-order valence-corrected chi connectivity index (χ0v) is 14.1. The van der Waals surface area contributed by atoms with Crippen LogP contribution in [0.3, 0.4) is 0 Å². The highest BCUT2D eigenvalue weighted by molar-refractivity contribution is 5.53. The summed E-state index contributed by atoms with van der Waals surface area (Å²) in [6.45, 7) is 5.72. The van der Waals surface area contributed by atoms with Crippen molar-refractivity contribution in [2.24, 2.45) is 0 Å². The molecular formula is C17H20N6O2. The van der Waals surface area contributed by atoms with Crippen LogP contribution < -0.4 is 0 Å². The fourth-order valence-corrected chi connectivity index (χ4v) is 2.90. The third kappa shape index (κ3) is 3.92. The van der Waals surface area contributed by atoms with Gasteiger partial charge in [-0.1, -0.05) is 22.9 Å². The van der Waals surface area contributed by atoms with Crippen molar-refractivity contribution in [1.29, 1.82) is 0 Å². The number of rotatable bonds is 5. The van der Waals surface area contributed by atoms with E-state index in [0.29, 0.717) is 31.4 Å². The zero-order valence-electron chi connectivity index (χ0n) is 14.1. The molecule has 0 bridgehead atoms. The molecule has 0 radical (unpaired) electrons. The Kier molecular flexibility index (Phi) is 4.53. The van der Waals surface area contributed by atoms with Crippen LogP contribution in [0.4, 0.5) is 0 Å². The van der Waals surface area contributed by atoms with Crippen molar-refractivity contribution in [3.05, 3.63) is 48.3 Å². The molecule has 2 aromatic heterocycles. The maximum atomic E-state index is 5.81. The lowest BCUT2D eigenvalue weighted by atomic mass is 10.1. The molecule has 1 atom stereocenters. The third-order valence-corrected chi connectivity index (χ3v) is 4.21. The molecule has 4 rings (SSSR count). The van der Waals surface area contributed by atoms with Gasteiger partial charge in [-0.25, -0.2) is 4.98 Å². The third-order valence-electron chi connectivity index (χ3n) is 4.21. The minimum absolute atomic E-state index is 0.0823. The van der Waals surface area contributed by atoms with Gasteiger partial charge in [-0.05, 0) is 19.1 Å². The van der Waals surface area contributed by atoms with Crippen LogP contribution in [0.5, 0.6) is 0 Å². The molecule has 0 spiro atoms. The van der Waals surface area contributed by atoms with Gasteiger partial charge in [-0.2, -0.15) is 10.1 Å². The van der Waals surface area contributed by atoms with E-state index >= 15 is 0 Å². The second-order valence-electron chi connectivity index (χ2n) is 6.23. The van der Waals surface area contributed by atoms with Gasteiger partial charge in [-0.3, -0.25) is 9.58 Å². The van der Waals surface area contributed by atoms with E-state index < -0.39 is 0 Å². The monoisotopic (exact) mass is 340 g/mol. The first-order valence-corrected chi connectivity index (χ1v) is 8.32. The van der Waals surface area contributed by atoms with Gasteiger partial charge in [0.15, 0.2) is 5.82 Å². The molecule has 1 saturated heterocycles. The van der Waals surface area contributed by atoms with Gasteiger partial charge in [-0.15, -0.1) is 0 Å². The Hall–Kier alpha value is -2.58. The number of nitrogens with zero attached hydrogens (tertiary/aromatic N) is 6. The average molecular weight is 340 g/mol. The smallest absolute Gasteiger partial charge is 0.257 e. The Labute approximate surface area is 145 Å². The highest BCUT2D eigenvalue weighted by Gasteiger charge is 2.22. The summed E-state index contributed by atoms with van der Waals surface area (Å²) in [6, 6.07) is 8.07. The van der Waals surface area contributed by atoms with E-state index in [4.69, 9.17) is 9.26 Å². The Morgan fingerprint density at radius 3 is 2.92 bits per heavy atom. The van der Waals surface area contributed by atoms with E-state index in [2.05, 4.69) is 32.0 Å². The second-order valence-corrected chi connectivity index (χ2v) is 6.23. The van der Waals surface area contributed by atoms with Crippen LogP contribution in [-0.2, 0) is 17.8 Å². The Morgan fingerprint density at radius 1 is 1.24 bits per heavy atom. The molecule has 8 nitrogen and oxygen atoms in total. The summed E-state index contributed by atoms with van der Waals surface area (Å²) >= 11 is 0. The van der Waals surface area contributed by atoms with E-state index in [9.17, 15) is 0 Å². The second kappa shape index (κ2) is 7.12. The summed E-state index contributed by atoms with van der Waals surface area (Å²) in [5.41, 5.74) is 2.14. The van der Waals surface area contributed by atoms with Gasteiger partial charge in [0.1, 0.15) is 12.7 Å². The zero-order chi connectivity index (χ0) is 17.1. The van der Waals surface area contributed by atoms with Gasteiger partial charge in [0, 0.05) is 18.7 Å². The van der Waals surface area contributed by atoms with E-state index in [1.807, 2.05) is 24.3 Å². The van der Waals surface area contributed by atoms with Gasteiger partial charge < -0.3 is 9.26 Å². The minimum Gasteiger partial charge on any atom is -0.374 e. The highest BCUT2D eigenvalue weighted by atomic mass is 16.5. The predicted molar refractivity (Wildman–Crippen MR) is 89.5 cm³/mol. The highest BCUT2D eigenvalue weighted by Crippen LogP contribution is 2.18. The number of aryl methyl sites for hydroxylation is 1. The lowest BCUT2D eigenvalue weighted by Crippen LogP contribution is -2.43. The molecule has 1 aliphatic rings. The van der Waals surface area contributed by atoms with Crippen LogP contribution >= 0.6 is 0 Å². The summed E-state index contributed by atoms with van der Waals surface area (Å²) in [5.74, 6) is 1.25. The number of hydrogen-bond donors (Lipinski definition) is 0. The van der Waals surface area contributed by atoms with Crippen LogP contribution in [0.25, 0.3) is 11.5 Å². The molecule has 0 amide bonds. The van der Waals surface area contributed by atoms with Crippen LogP contribution in [0, 0.1) is 6.92 Å². The lowest BCUT2D eigenvalue weighted by Gasteiger charge is -2.31. The largest absolute Gasteiger partial charge is 0.374 e. The van der Waals surface area contributed by atoms with Crippen LogP contribution in [-0.4, -0.2) is 55.6 Å². The average Bonchev–Trinajstić information content (AvgIpc) is 3.28. The molecule has 0 saturated carbocycles. The van der Waals surface area contributed by atoms with Crippen molar-refractivity contribution in [3.63, 3.8) is 0 Å². The summed E-state index contributed by atoms with van der Waals surface area (Å²) in [4.78, 5) is 10.8. The molecule has 0 aliphatic carbocycles. The number of benzene rings is 1. The maximum Gasteiger partial charge on any atom is 0.257 e. The molecule has 3 heterocycles. The quantitative estimate of drug-likeness (QED) is 0.697. The molecule has 1 aromatic carbocycles. The van der Waals surface area contributed by atoms with E-state index in [1.54, 1.807) is 11.0 Å². The number of ether oxygens (including phenoxy) is 1. The van der Waals surface area contributed by atoms with Crippen LogP contribution in [0.2, 0.25) is 0 Å². The van der Waals surface area contributed by atoms with Crippen molar-refractivity contribution in [3.8, 4) is 11.5 Å². The van der Waals surface area contributed by atoms with Gasteiger partial charge in [0.2, 0.25) is 0 Å². The molecule has 25 heavy (non-hydrogen) atoms. The minimum atomic E-state index is 0.0823. The van der Waals surface area contributed by atoms with Gasteiger partial charge in [0.25, 0.3) is 5.89 Å². The van der Waals surface area contributed by atoms with E-state index in [-0.39, 0.29) is 6.10 Å². The molecule has 130 valence electrons. The lowest BCUT2D eigenvalue weighted by molar-refractivity contribution is -0.0411. The summed E-state index contributed by atoms with van der Waals surface area (Å²) in [6.07, 6.45) is 3.32. The van der Waals surface area contributed by atoms with Gasteiger partial charge >= 0.3 is 0 Å². The summed E-state index contributed by atoms with van der Waals surface area (Å²) < 4.78 is 13.0. The number of morpholine rings is 1. The first kappa shape index (κ1) is 15.9. The van der Waals surface area contributed by atoms with Crippen LogP contribution in [0.15, 0.2) is 41.4 Å². The molecule has 1 unspecified atom stereocenters. The first-order valence-electron chi connectivity index (χ1n) is 8.32. The molecule has 3 aromatic rings. The fourth-order valence-electron chi connectivity index (χ4n) is 2.90. The van der Waals surface area contributed by atoms with Crippen molar-refractivity contribution >= 4 is 0 Å². The van der Waals surface area contributed by atoms with Gasteiger partial charge in [0.05, 0.1) is 25.8 Å². The first-order chi connectivity index (χ1) is 12.3. The predicted octanol–water partition coefficient (Wildman–Crippen LogP) is 1.54. The van der Waals surface area contributed by atoms with E-state index in [1.165, 1.54) is 11.9 Å². The Balaban J connectivity index is 1.37. The van der Waals surface area contributed by atoms with Crippen LogP contribution in [0.1, 0.15) is 11.4 Å². The van der Waals surface area contributed by atoms with Crippen molar-refractivity contribution < 1.29 is 9.26 Å². The summed E-state index contributed by atoms with van der Waals surface area (Å²) in [7, 11) is 0. The molecule has 1 fully saturated rings. The standard InChI is InChI=1S/C17H20N6O2/c1-13-2-4-14(5-3-13)17-20-16(21-25-17)10-22-6-7-24-15(8-22)9-23-12-18-11-19-23/h2-5,11-12,15H,6-10H2,1H3. The number of aromatic nitrogens is 5. The molecule has 8 heteroatoms. The SMILES string of the molecule is Cc1ccc(-c2nc(CN3CCOC(Cn4cncn4)C3)no2)cc1. The van der Waals surface area contributed by atoms with Crippen molar-refractivity contribution in [2.45, 2.75) is 26.1 Å². The van der Waals surface area contributed by atoms with Crippen molar-refractivity contribution in [2.75, 3.05) is 19.7 Å². The maximum absolute atomic E-state index is 5.81. The fraction of sp³-hybridized carbons (Fsp3) is 0.412. The molecule has 0 N–H and O–H groups in total. The summed E-state index contributed by atoms with van der Waals surface area (Å²) in [5, 5.41) is 8.24. The molecular weight excluding hydrogens is 320 g/mol. The Bertz CT molecular complexity index is 799. The molecule has 1 aliphatic heterocycles.